The predicted molar refractivity (Wildman–Crippen MR) is 119 cm³/mol. The molecule has 0 heterocycles. The second kappa shape index (κ2) is 14.1. The molecular weight excluding hydrogens is 353 g/mol. The topological polar surface area (TPSA) is 139 Å². The van der Waals surface area contributed by atoms with Crippen molar-refractivity contribution in [2.24, 2.45) is 0 Å². The van der Waals surface area contributed by atoms with Crippen LogP contribution in [0.3, 0.4) is 0 Å². The highest BCUT2D eigenvalue weighted by Crippen LogP contribution is 2.07. The molecule has 0 atom stereocenters. The second-order valence-electron chi connectivity index (χ2n) is 5.92. The molecule has 9 N–H and O–H groups in total. The normalized spacial score (nSPS) is 8.79. The summed E-state index contributed by atoms with van der Waals surface area (Å²) in [7, 11) is -2.17. The van der Waals surface area contributed by atoms with Crippen LogP contribution in [0.15, 0.2) is 72.8 Å². The number of hydrogen-bond acceptors (Lipinski definition) is 6. The average molecular weight is 383 g/mol. The lowest BCUT2D eigenvalue weighted by atomic mass is 10.2. The van der Waals surface area contributed by atoms with E-state index in [0.717, 1.165) is 33.8 Å². The van der Waals surface area contributed by atoms with E-state index in [1.54, 1.807) is 0 Å². The van der Waals surface area contributed by atoms with Crippen molar-refractivity contribution in [2.45, 2.75) is 20.8 Å². The monoisotopic (exact) mass is 383 g/mol. The summed E-state index contributed by atoms with van der Waals surface area (Å²) < 4.78 is 0. The maximum absolute atomic E-state index is 7.17. The molecule has 7 heteroatoms. The molecule has 0 aliphatic heterocycles. The zero-order valence-corrected chi connectivity index (χ0v) is 16.6. The smallest absolute Gasteiger partial charge is 0.402 e. The second-order valence-corrected chi connectivity index (χ2v) is 5.92. The van der Waals surface area contributed by atoms with Crippen molar-refractivity contribution in [1.29, 1.82) is 0 Å². The van der Waals surface area contributed by atoms with E-state index >= 15 is 0 Å². The van der Waals surface area contributed by atoms with Crippen molar-refractivity contribution in [1.82, 2.24) is 0 Å². The molecule has 0 spiro atoms. The molecule has 0 unspecified atom stereocenters. The summed E-state index contributed by atoms with van der Waals surface area (Å²) >= 11 is 0. The van der Waals surface area contributed by atoms with Crippen molar-refractivity contribution < 1.29 is 15.1 Å². The van der Waals surface area contributed by atoms with Crippen LogP contribution in [0.25, 0.3) is 0 Å². The number of anilines is 3. The molecule has 0 radical (unpaired) electrons. The first-order chi connectivity index (χ1) is 13.1. The van der Waals surface area contributed by atoms with Crippen molar-refractivity contribution in [3.63, 3.8) is 0 Å². The molecule has 150 valence electrons. The van der Waals surface area contributed by atoms with Crippen LogP contribution in [0.4, 0.5) is 17.1 Å². The Kier molecular flexibility index (Phi) is 12.6. The van der Waals surface area contributed by atoms with E-state index in [1.807, 2.05) is 93.6 Å². The summed E-state index contributed by atoms with van der Waals surface area (Å²) in [5.74, 6) is 0. The minimum atomic E-state index is -2.17. The van der Waals surface area contributed by atoms with E-state index in [-0.39, 0.29) is 0 Å². The highest BCUT2D eigenvalue weighted by Gasteiger charge is 1.92. The number of hydrogen-bond donors (Lipinski definition) is 6. The van der Waals surface area contributed by atoms with Gasteiger partial charge in [0.25, 0.3) is 0 Å². The van der Waals surface area contributed by atoms with Crippen LogP contribution in [0.1, 0.15) is 16.7 Å². The number of benzene rings is 3. The fraction of sp³-hybridized carbons (Fsp3) is 0.143. The van der Waals surface area contributed by atoms with Crippen LogP contribution in [-0.2, 0) is 0 Å². The molecule has 28 heavy (non-hydrogen) atoms. The van der Waals surface area contributed by atoms with Crippen LogP contribution >= 0.6 is 0 Å². The van der Waals surface area contributed by atoms with Gasteiger partial charge in [-0.3, -0.25) is 0 Å². The summed E-state index contributed by atoms with van der Waals surface area (Å²) in [6, 6.07) is 23.4. The third-order valence-corrected chi connectivity index (χ3v) is 3.57. The van der Waals surface area contributed by atoms with Gasteiger partial charge in [-0.2, -0.15) is 0 Å². The highest BCUT2D eigenvalue weighted by atomic mass is 16.5. The fourth-order valence-corrected chi connectivity index (χ4v) is 1.76. The Morgan fingerprint density at radius 2 is 0.679 bits per heavy atom. The summed E-state index contributed by atoms with van der Waals surface area (Å²) in [5.41, 5.74) is 22.6. The van der Waals surface area contributed by atoms with Gasteiger partial charge in [0.1, 0.15) is 0 Å². The van der Waals surface area contributed by atoms with Crippen molar-refractivity contribution >= 4 is 24.4 Å². The van der Waals surface area contributed by atoms with Crippen LogP contribution in [0.5, 0.6) is 0 Å². The molecule has 3 rings (SSSR count). The fourth-order valence-electron chi connectivity index (χ4n) is 1.76. The van der Waals surface area contributed by atoms with Crippen LogP contribution in [0.2, 0.25) is 0 Å². The first kappa shape index (κ1) is 25.0. The molecule has 0 aromatic heterocycles. The van der Waals surface area contributed by atoms with Gasteiger partial charge in [0, 0.05) is 17.1 Å². The van der Waals surface area contributed by atoms with E-state index in [4.69, 9.17) is 32.3 Å². The molecule has 0 bridgehead atoms. The minimum Gasteiger partial charge on any atom is -0.402 e. The Balaban J connectivity index is 0.000000358. The van der Waals surface area contributed by atoms with Gasteiger partial charge in [0.2, 0.25) is 0 Å². The summed E-state index contributed by atoms with van der Waals surface area (Å²) in [4.78, 5) is 0. The summed E-state index contributed by atoms with van der Waals surface area (Å²) in [6.45, 7) is 5.99. The lowest BCUT2D eigenvalue weighted by molar-refractivity contribution is 0.278. The third kappa shape index (κ3) is 12.4. The number of para-hydroxylation sites is 3. The van der Waals surface area contributed by atoms with E-state index in [2.05, 4.69) is 0 Å². The largest absolute Gasteiger partial charge is 0.631 e. The van der Waals surface area contributed by atoms with E-state index < -0.39 is 7.32 Å². The maximum Gasteiger partial charge on any atom is 0.631 e. The Bertz CT molecular complexity index is 645. The quantitative estimate of drug-likeness (QED) is 0.261. The van der Waals surface area contributed by atoms with Gasteiger partial charge in [-0.15, -0.1) is 0 Å². The molecule has 6 nitrogen and oxygen atoms in total. The summed E-state index contributed by atoms with van der Waals surface area (Å²) in [5, 5.41) is 21.5. The van der Waals surface area contributed by atoms with Gasteiger partial charge < -0.3 is 32.3 Å². The Morgan fingerprint density at radius 1 is 0.500 bits per heavy atom. The van der Waals surface area contributed by atoms with Gasteiger partial charge in [-0.05, 0) is 55.7 Å². The van der Waals surface area contributed by atoms with Gasteiger partial charge in [-0.25, -0.2) is 0 Å². The Hall–Kier alpha value is -3.00. The molecule has 0 amide bonds. The molecule has 3 aromatic rings. The van der Waals surface area contributed by atoms with E-state index in [0.29, 0.717) is 0 Å². The SMILES string of the molecule is Cc1ccccc1N.Cc1ccccc1N.Cc1ccccc1N.OB(O)O. The van der Waals surface area contributed by atoms with Gasteiger partial charge in [0.05, 0.1) is 0 Å². The number of aryl methyl sites for hydroxylation is 3. The van der Waals surface area contributed by atoms with Crippen LogP contribution < -0.4 is 17.2 Å². The van der Waals surface area contributed by atoms with Crippen molar-refractivity contribution in [3.8, 4) is 0 Å². The van der Waals surface area contributed by atoms with E-state index in [1.165, 1.54) is 0 Å². The van der Waals surface area contributed by atoms with Crippen molar-refractivity contribution in [2.75, 3.05) is 17.2 Å². The van der Waals surface area contributed by atoms with E-state index in [9.17, 15) is 0 Å². The zero-order chi connectivity index (χ0) is 21.5. The minimum absolute atomic E-state index is 0.868. The predicted octanol–water partition coefficient (Wildman–Crippen LogP) is 2.68. The van der Waals surface area contributed by atoms with Crippen LogP contribution in [-0.4, -0.2) is 22.4 Å². The third-order valence-electron chi connectivity index (χ3n) is 3.57. The molecule has 0 saturated heterocycles. The molecular formula is C21H30BN3O3. The van der Waals surface area contributed by atoms with Crippen LogP contribution in [0, 0.1) is 20.8 Å². The molecule has 3 aromatic carbocycles. The standard InChI is InChI=1S/3C7H9N.BH3O3/c3*1-6-4-2-3-5-7(6)8;2-1(3)4/h3*2-5H,8H2,1H3;2-4H. The molecule has 0 aliphatic carbocycles. The average Bonchev–Trinajstić information content (AvgIpc) is 2.63. The number of rotatable bonds is 0. The number of nitrogen functional groups attached to an aromatic ring is 3. The first-order valence-electron chi connectivity index (χ1n) is 8.62. The highest BCUT2D eigenvalue weighted by molar-refractivity contribution is 6.30. The Labute approximate surface area is 167 Å². The van der Waals surface area contributed by atoms with Gasteiger partial charge in [0.15, 0.2) is 0 Å². The number of nitrogens with two attached hydrogens (primary N) is 3. The van der Waals surface area contributed by atoms with Gasteiger partial charge >= 0.3 is 7.32 Å². The molecule has 0 aliphatic rings. The van der Waals surface area contributed by atoms with Gasteiger partial charge in [-0.1, -0.05) is 54.6 Å². The molecule has 0 fully saturated rings. The Morgan fingerprint density at radius 3 is 0.786 bits per heavy atom. The first-order valence-corrected chi connectivity index (χ1v) is 8.62. The lowest BCUT2D eigenvalue weighted by Crippen LogP contribution is -2.07. The zero-order valence-electron chi connectivity index (χ0n) is 16.6. The maximum atomic E-state index is 7.17. The summed E-state index contributed by atoms with van der Waals surface area (Å²) in [6.07, 6.45) is 0. The van der Waals surface area contributed by atoms with Crippen molar-refractivity contribution in [3.05, 3.63) is 89.5 Å². The molecule has 0 saturated carbocycles. The lowest BCUT2D eigenvalue weighted by Gasteiger charge is -1.93.